The number of rotatable bonds is 2. The molecule has 0 atom stereocenters. The Labute approximate surface area is 143 Å². The molecule has 0 aromatic heterocycles. The van der Waals surface area contributed by atoms with Crippen molar-refractivity contribution in [1.29, 1.82) is 0 Å². The standard InChI is InChI=1S/C18H14ClN3O2/c19-13-8-10-14(11-9-13)20-18(24)22-21-17(23)16-7-3-5-12-4-1-2-6-15(12)16/h1-11H,(H,21,23)(H2,20,22,24). The molecule has 5 nitrogen and oxygen atoms in total. The molecule has 0 saturated heterocycles. The average molecular weight is 340 g/mol. The monoisotopic (exact) mass is 339 g/mol. The maximum atomic E-state index is 12.3. The number of benzene rings is 3. The number of nitrogens with one attached hydrogen (secondary N) is 3. The van der Waals surface area contributed by atoms with Crippen molar-refractivity contribution in [2.75, 3.05) is 5.32 Å². The van der Waals surface area contributed by atoms with E-state index in [0.29, 0.717) is 16.3 Å². The van der Waals surface area contributed by atoms with Gasteiger partial charge in [-0.3, -0.25) is 10.2 Å². The van der Waals surface area contributed by atoms with Crippen molar-refractivity contribution < 1.29 is 9.59 Å². The van der Waals surface area contributed by atoms with Crippen molar-refractivity contribution in [3.05, 3.63) is 77.3 Å². The van der Waals surface area contributed by atoms with E-state index < -0.39 is 11.9 Å². The second-order valence-electron chi connectivity index (χ2n) is 5.07. The molecule has 0 spiro atoms. The predicted octanol–water partition coefficient (Wildman–Crippen LogP) is 3.96. The third-order valence-corrected chi connectivity index (χ3v) is 3.68. The molecule has 0 aliphatic carbocycles. The van der Waals surface area contributed by atoms with Crippen LogP contribution in [0, 0.1) is 0 Å². The molecular formula is C18H14ClN3O2. The molecule has 24 heavy (non-hydrogen) atoms. The number of halogens is 1. The highest BCUT2D eigenvalue weighted by Crippen LogP contribution is 2.18. The maximum Gasteiger partial charge on any atom is 0.337 e. The molecule has 3 rings (SSSR count). The molecule has 0 bridgehead atoms. The molecule has 120 valence electrons. The van der Waals surface area contributed by atoms with Crippen LogP contribution in [0.25, 0.3) is 10.8 Å². The number of anilines is 1. The van der Waals surface area contributed by atoms with E-state index in [2.05, 4.69) is 16.2 Å². The molecule has 0 radical (unpaired) electrons. The summed E-state index contributed by atoms with van der Waals surface area (Å²) in [6, 6.07) is 19.1. The number of carbonyl (C=O) groups is 2. The van der Waals surface area contributed by atoms with Gasteiger partial charge in [0.25, 0.3) is 5.91 Å². The first-order chi connectivity index (χ1) is 11.6. The molecule has 0 aliphatic rings. The smallest absolute Gasteiger partial charge is 0.307 e. The number of amides is 3. The minimum atomic E-state index is -0.550. The van der Waals surface area contributed by atoms with Gasteiger partial charge in [-0.15, -0.1) is 0 Å². The van der Waals surface area contributed by atoms with Crippen molar-refractivity contribution in [1.82, 2.24) is 10.9 Å². The molecule has 0 aliphatic heterocycles. The SMILES string of the molecule is O=C(NNC(=O)c1cccc2ccccc12)Nc1ccc(Cl)cc1. The lowest BCUT2D eigenvalue weighted by Gasteiger charge is -2.10. The Bertz CT molecular complexity index is 889. The summed E-state index contributed by atoms with van der Waals surface area (Å²) in [6.45, 7) is 0. The number of carbonyl (C=O) groups excluding carboxylic acids is 2. The van der Waals surface area contributed by atoms with E-state index in [1.807, 2.05) is 30.3 Å². The largest absolute Gasteiger partial charge is 0.337 e. The highest BCUT2D eigenvalue weighted by Gasteiger charge is 2.10. The summed E-state index contributed by atoms with van der Waals surface area (Å²) in [5, 5.41) is 4.94. The highest BCUT2D eigenvalue weighted by atomic mass is 35.5. The van der Waals surface area contributed by atoms with Crippen LogP contribution in [0.1, 0.15) is 10.4 Å². The molecule has 3 N–H and O–H groups in total. The summed E-state index contributed by atoms with van der Waals surface area (Å²) in [6.07, 6.45) is 0. The normalized spacial score (nSPS) is 10.2. The summed E-state index contributed by atoms with van der Waals surface area (Å²) in [5.74, 6) is -0.391. The van der Waals surface area contributed by atoms with Gasteiger partial charge in [0, 0.05) is 16.3 Å². The van der Waals surface area contributed by atoms with E-state index in [9.17, 15) is 9.59 Å². The number of hydrogen-bond acceptors (Lipinski definition) is 2. The van der Waals surface area contributed by atoms with E-state index >= 15 is 0 Å². The molecule has 3 amide bonds. The Balaban J connectivity index is 1.64. The quantitative estimate of drug-likeness (QED) is 0.618. The Morgan fingerprint density at radius 2 is 1.50 bits per heavy atom. The molecule has 6 heteroatoms. The van der Waals surface area contributed by atoms with Crippen molar-refractivity contribution in [2.45, 2.75) is 0 Å². The van der Waals surface area contributed by atoms with Crippen LogP contribution in [-0.4, -0.2) is 11.9 Å². The lowest BCUT2D eigenvalue weighted by Crippen LogP contribution is -2.43. The first-order valence-electron chi connectivity index (χ1n) is 7.24. The van der Waals surface area contributed by atoms with E-state index in [0.717, 1.165) is 10.8 Å². The van der Waals surface area contributed by atoms with Crippen LogP contribution in [0.2, 0.25) is 5.02 Å². The third kappa shape index (κ3) is 3.64. The van der Waals surface area contributed by atoms with E-state index in [1.165, 1.54) is 0 Å². The maximum absolute atomic E-state index is 12.3. The molecule has 3 aromatic carbocycles. The van der Waals surface area contributed by atoms with E-state index in [4.69, 9.17) is 11.6 Å². The van der Waals surface area contributed by atoms with Crippen LogP contribution in [0.15, 0.2) is 66.7 Å². The van der Waals surface area contributed by atoms with Crippen LogP contribution in [-0.2, 0) is 0 Å². The Hall–Kier alpha value is -3.05. The topological polar surface area (TPSA) is 70.2 Å². The molecule has 0 fully saturated rings. The Morgan fingerprint density at radius 1 is 0.792 bits per heavy atom. The van der Waals surface area contributed by atoms with Gasteiger partial charge in [0.15, 0.2) is 0 Å². The number of fused-ring (bicyclic) bond motifs is 1. The van der Waals surface area contributed by atoms with Crippen LogP contribution in [0.4, 0.5) is 10.5 Å². The lowest BCUT2D eigenvalue weighted by atomic mass is 10.0. The zero-order chi connectivity index (χ0) is 16.9. The fourth-order valence-electron chi connectivity index (χ4n) is 2.30. The van der Waals surface area contributed by atoms with E-state index in [-0.39, 0.29) is 0 Å². The predicted molar refractivity (Wildman–Crippen MR) is 95.0 cm³/mol. The molecule has 0 unspecified atom stereocenters. The Kier molecular flexibility index (Phi) is 4.63. The lowest BCUT2D eigenvalue weighted by molar-refractivity contribution is 0.0939. The molecule has 0 heterocycles. The van der Waals surface area contributed by atoms with Gasteiger partial charge in [-0.05, 0) is 41.1 Å². The van der Waals surface area contributed by atoms with Crippen LogP contribution in [0.5, 0.6) is 0 Å². The summed E-state index contributed by atoms with van der Waals surface area (Å²) in [7, 11) is 0. The van der Waals surface area contributed by atoms with Gasteiger partial charge in [-0.25, -0.2) is 10.2 Å². The fraction of sp³-hybridized carbons (Fsp3) is 0. The number of hydrazine groups is 1. The van der Waals surface area contributed by atoms with Gasteiger partial charge in [0.2, 0.25) is 0 Å². The zero-order valence-electron chi connectivity index (χ0n) is 12.5. The van der Waals surface area contributed by atoms with Gasteiger partial charge in [0.1, 0.15) is 0 Å². The second kappa shape index (κ2) is 7.02. The average Bonchev–Trinajstić information content (AvgIpc) is 2.61. The second-order valence-corrected chi connectivity index (χ2v) is 5.50. The van der Waals surface area contributed by atoms with Crippen molar-refractivity contribution in [3.63, 3.8) is 0 Å². The van der Waals surface area contributed by atoms with Crippen LogP contribution >= 0.6 is 11.6 Å². The fourth-order valence-corrected chi connectivity index (χ4v) is 2.43. The van der Waals surface area contributed by atoms with Crippen molar-refractivity contribution >= 4 is 40.0 Å². The summed E-state index contributed by atoms with van der Waals surface area (Å²) < 4.78 is 0. The first-order valence-corrected chi connectivity index (χ1v) is 7.62. The van der Waals surface area contributed by atoms with Gasteiger partial charge in [-0.2, -0.15) is 0 Å². The van der Waals surface area contributed by atoms with Gasteiger partial charge >= 0.3 is 6.03 Å². The van der Waals surface area contributed by atoms with Gasteiger partial charge in [0.05, 0.1) is 0 Å². The zero-order valence-corrected chi connectivity index (χ0v) is 13.3. The summed E-state index contributed by atoms with van der Waals surface area (Å²) >= 11 is 5.78. The third-order valence-electron chi connectivity index (χ3n) is 3.43. The van der Waals surface area contributed by atoms with Crippen LogP contribution < -0.4 is 16.2 Å². The van der Waals surface area contributed by atoms with Gasteiger partial charge < -0.3 is 5.32 Å². The number of urea groups is 1. The van der Waals surface area contributed by atoms with E-state index in [1.54, 1.807) is 36.4 Å². The highest BCUT2D eigenvalue weighted by molar-refractivity contribution is 6.30. The summed E-state index contributed by atoms with van der Waals surface area (Å²) in [4.78, 5) is 24.1. The van der Waals surface area contributed by atoms with Crippen molar-refractivity contribution in [2.24, 2.45) is 0 Å². The van der Waals surface area contributed by atoms with Crippen LogP contribution in [0.3, 0.4) is 0 Å². The van der Waals surface area contributed by atoms with Crippen molar-refractivity contribution in [3.8, 4) is 0 Å². The minimum absolute atomic E-state index is 0.391. The first kappa shape index (κ1) is 15.8. The minimum Gasteiger partial charge on any atom is -0.307 e. The molecule has 0 saturated carbocycles. The molecular weight excluding hydrogens is 326 g/mol. The Morgan fingerprint density at radius 3 is 2.29 bits per heavy atom. The number of hydrogen-bond donors (Lipinski definition) is 3. The van der Waals surface area contributed by atoms with Gasteiger partial charge in [-0.1, -0.05) is 48.0 Å². The summed E-state index contributed by atoms with van der Waals surface area (Å²) in [5.41, 5.74) is 5.77. The molecule has 3 aromatic rings.